The average molecular weight is 316 g/mol. The van der Waals surface area contributed by atoms with Crippen LogP contribution >= 0.6 is 15.9 Å². The Morgan fingerprint density at radius 1 is 1.56 bits per heavy atom. The van der Waals surface area contributed by atoms with Crippen LogP contribution in [0.3, 0.4) is 0 Å². The molecule has 1 aromatic rings. The van der Waals surface area contributed by atoms with Crippen LogP contribution in [0, 0.1) is 5.92 Å². The zero-order valence-electron chi connectivity index (χ0n) is 10.4. The standard InChI is InChI=1S/C13H18BrNO3/c1-9-4-6-13(8-16,7-5-9)15-12(17)10-2-3-11(14)18-10/h2-3,9,16H,4-8H2,1H3,(H,15,17). The van der Waals surface area contributed by atoms with Crippen molar-refractivity contribution in [3.63, 3.8) is 0 Å². The number of carbonyl (C=O) groups is 1. The van der Waals surface area contributed by atoms with E-state index in [9.17, 15) is 9.90 Å². The Kier molecular flexibility index (Phi) is 4.12. The number of nitrogens with one attached hydrogen (secondary N) is 1. The first-order valence-electron chi connectivity index (χ1n) is 6.23. The number of aliphatic hydroxyl groups is 1. The van der Waals surface area contributed by atoms with Gasteiger partial charge in [0.2, 0.25) is 0 Å². The Morgan fingerprint density at radius 2 is 2.22 bits per heavy atom. The third kappa shape index (κ3) is 2.95. The quantitative estimate of drug-likeness (QED) is 0.901. The van der Waals surface area contributed by atoms with E-state index in [0.29, 0.717) is 10.6 Å². The molecule has 18 heavy (non-hydrogen) atoms. The van der Waals surface area contributed by atoms with E-state index in [2.05, 4.69) is 28.2 Å². The van der Waals surface area contributed by atoms with E-state index < -0.39 is 5.54 Å². The summed E-state index contributed by atoms with van der Waals surface area (Å²) in [6.45, 7) is 2.18. The molecule has 0 aliphatic heterocycles. The lowest BCUT2D eigenvalue weighted by Crippen LogP contribution is -2.53. The maximum absolute atomic E-state index is 12.0. The zero-order chi connectivity index (χ0) is 13.2. The van der Waals surface area contributed by atoms with Crippen molar-refractivity contribution in [2.75, 3.05) is 6.61 Å². The number of hydrogen-bond acceptors (Lipinski definition) is 3. The molecule has 0 unspecified atom stereocenters. The molecule has 1 fully saturated rings. The Morgan fingerprint density at radius 3 is 2.72 bits per heavy atom. The smallest absolute Gasteiger partial charge is 0.287 e. The lowest BCUT2D eigenvalue weighted by molar-refractivity contribution is 0.0692. The fraction of sp³-hybridized carbons (Fsp3) is 0.615. The van der Waals surface area contributed by atoms with Crippen molar-refractivity contribution < 1.29 is 14.3 Å². The molecule has 4 nitrogen and oxygen atoms in total. The lowest BCUT2D eigenvalue weighted by atomic mass is 9.77. The summed E-state index contributed by atoms with van der Waals surface area (Å²) in [5.74, 6) is 0.678. The van der Waals surface area contributed by atoms with Crippen LogP contribution in [-0.2, 0) is 0 Å². The second-order valence-electron chi connectivity index (χ2n) is 5.18. The van der Waals surface area contributed by atoms with E-state index in [1.54, 1.807) is 12.1 Å². The topological polar surface area (TPSA) is 62.5 Å². The van der Waals surface area contributed by atoms with Crippen molar-refractivity contribution in [3.05, 3.63) is 22.6 Å². The predicted molar refractivity (Wildman–Crippen MR) is 71.3 cm³/mol. The average Bonchev–Trinajstić information content (AvgIpc) is 2.79. The molecule has 0 atom stereocenters. The maximum Gasteiger partial charge on any atom is 0.287 e. The van der Waals surface area contributed by atoms with Crippen LogP contribution in [0.15, 0.2) is 21.2 Å². The maximum atomic E-state index is 12.0. The summed E-state index contributed by atoms with van der Waals surface area (Å²) in [7, 11) is 0. The van der Waals surface area contributed by atoms with Crippen LogP contribution < -0.4 is 5.32 Å². The van der Waals surface area contributed by atoms with Gasteiger partial charge in [-0.1, -0.05) is 6.92 Å². The number of amides is 1. The first-order chi connectivity index (χ1) is 8.54. The van der Waals surface area contributed by atoms with Crippen LogP contribution in [0.25, 0.3) is 0 Å². The summed E-state index contributed by atoms with van der Waals surface area (Å²) < 4.78 is 5.75. The van der Waals surface area contributed by atoms with Crippen LogP contribution in [0.2, 0.25) is 0 Å². The second-order valence-corrected chi connectivity index (χ2v) is 5.96. The Hall–Kier alpha value is -0.810. The summed E-state index contributed by atoms with van der Waals surface area (Å²) in [4.78, 5) is 12.0. The minimum atomic E-state index is -0.483. The van der Waals surface area contributed by atoms with Crippen molar-refractivity contribution in [1.29, 1.82) is 0 Å². The van der Waals surface area contributed by atoms with E-state index >= 15 is 0 Å². The molecule has 0 radical (unpaired) electrons. The summed E-state index contributed by atoms with van der Waals surface area (Å²) in [6, 6.07) is 3.30. The van der Waals surface area contributed by atoms with Gasteiger partial charge in [0.15, 0.2) is 10.4 Å². The minimum absolute atomic E-state index is 0.0205. The Labute approximate surface area is 115 Å². The van der Waals surface area contributed by atoms with Crippen LogP contribution in [-0.4, -0.2) is 23.2 Å². The second kappa shape index (κ2) is 5.45. The van der Waals surface area contributed by atoms with Crippen LogP contribution in [0.5, 0.6) is 0 Å². The molecule has 1 heterocycles. The lowest BCUT2D eigenvalue weighted by Gasteiger charge is -2.38. The number of hydrogen-bond donors (Lipinski definition) is 2. The van der Waals surface area contributed by atoms with E-state index in [0.717, 1.165) is 25.7 Å². The van der Waals surface area contributed by atoms with Gasteiger partial charge < -0.3 is 14.8 Å². The summed E-state index contributed by atoms with van der Waals surface area (Å²) in [5.41, 5.74) is -0.483. The fourth-order valence-corrected chi connectivity index (χ4v) is 2.68. The highest BCUT2D eigenvalue weighted by atomic mass is 79.9. The van der Waals surface area contributed by atoms with Gasteiger partial charge in [0, 0.05) is 0 Å². The van der Waals surface area contributed by atoms with E-state index in [-0.39, 0.29) is 18.3 Å². The van der Waals surface area contributed by atoms with Crippen molar-refractivity contribution in [2.45, 2.75) is 38.1 Å². The summed E-state index contributed by atoms with van der Waals surface area (Å²) in [5, 5.41) is 12.5. The summed E-state index contributed by atoms with van der Waals surface area (Å²) in [6.07, 6.45) is 3.70. The zero-order valence-corrected chi connectivity index (χ0v) is 12.0. The number of halogens is 1. The van der Waals surface area contributed by atoms with Gasteiger partial charge in [-0.25, -0.2) is 0 Å². The molecule has 100 valence electrons. The molecule has 2 N–H and O–H groups in total. The molecule has 0 spiro atoms. The number of furan rings is 1. The third-order valence-electron chi connectivity index (χ3n) is 3.71. The Bertz CT molecular complexity index is 422. The first kappa shape index (κ1) is 13.6. The van der Waals surface area contributed by atoms with Crippen LogP contribution in [0.4, 0.5) is 0 Å². The molecule has 0 saturated heterocycles. The minimum Gasteiger partial charge on any atom is -0.444 e. The predicted octanol–water partition coefficient (Wildman–Crippen LogP) is 2.71. The van der Waals surface area contributed by atoms with Gasteiger partial charge >= 0.3 is 0 Å². The van der Waals surface area contributed by atoms with Crippen LogP contribution in [0.1, 0.15) is 43.2 Å². The monoisotopic (exact) mass is 315 g/mol. The van der Waals surface area contributed by atoms with E-state index in [1.807, 2.05) is 0 Å². The molecule has 1 amide bonds. The number of aliphatic hydroxyl groups excluding tert-OH is 1. The largest absolute Gasteiger partial charge is 0.444 e. The molecule has 0 aromatic carbocycles. The van der Waals surface area contributed by atoms with E-state index in [1.165, 1.54) is 0 Å². The van der Waals surface area contributed by atoms with Gasteiger partial charge in [0.25, 0.3) is 5.91 Å². The molecule has 1 aromatic heterocycles. The number of rotatable bonds is 3. The van der Waals surface area contributed by atoms with Gasteiger partial charge in [-0.15, -0.1) is 0 Å². The first-order valence-corrected chi connectivity index (χ1v) is 7.03. The van der Waals surface area contributed by atoms with Gasteiger partial charge in [-0.2, -0.15) is 0 Å². The van der Waals surface area contributed by atoms with Crippen molar-refractivity contribution in [2.24, 2.45) is 5.92 Å². The molecule has 1 aliphatic carbocycles. The third-order valence-corrected chi connectivity index (χ3v) is 4.14. The van der Waals surface area contributed by atoms with Gasteiger partial charge in [-0.05, 0) is 59.7 Å². The SMILES string of the molecule is CC1CCC(CO)(NC(=O)c2ccc(Br)o2)CC1. The van der Waals surface area contributed by atoms with Gasteiger partial charge in [0.1, 0.15) is 0 Å². The highest BCUT2D eigenvalue weighted by molar-refractivity contribution is 9.10. The molecule has 1 saturated carbocycles. The van der Waals surface area contributed by atoms with Gasteiger partial charge in [-0.3, -0.25) is 4.79 Å². The van der Waals surface area contributed by atoms with E-state index in [4.69, 9.17) is 4.42 Å². The highest BCUT2D eigenvalue weighted by Gasteiger charge is 2.35. The normalized spacial score (nSPS) is 28.1. The molecular weight excluding hydrogens is 298 g/mol. The number of carbonyl (C=O) groups excluding carboxylic acids is 1. The fourth-order valence-electron chi connectivity index (χ4n) is 2.38. The van der Waals surface area contributed by atoms with Crippen molar-refractivity contribution in [3.8, 4) is 0 Å². The Balaban J connectivity index is 2.04. The molecule has 2 rings (SSSR count). The molecule has 1 aliphatic rings. The molecule has 0 bridgehead atoms. The molecular formula is C13H18BrNO3. The van der Waals surface area contributed by atoms with Gasteiger partial charge in [0.05, 0.1) is 12.1 Å². The van der Waals surface area contributed by atoms with Crippen molar-refractivity contribution >= 4 is 21.8 Å². The molecule has 5 heteroatoms. The summed E-state index contributed by atoms with van der Waals surface area (Å²) >= 11 is 3.17. The highest BCUT2D eigenvalue weighted by Crippen LogP contribution is 2.32. The van der Waals surface area contributed by atoms with Crippen molar-refractivity contribution in [1.82, 2.24) is 5.32 Å².